The van der Waals surface area contributed by atoms with E-state index in [0.29, 0.717) is 27.6 Å². The van der Waals surface area contributed by atoms with Gasteiger partial charge in [0.15, 0.2) is 5.69 Å². The van der Waals surface area contributed by atoms with Crippen LogP contribution in [0.2, 0.25) is 4.34 Å². The molecule has 0 fully saturated rings. The fraction of sp³-hybridized carbons (Fsp3) is 0.0769. The van der Waals surface area contributed by atoms with Crippen molar-refractivity contribution in [2.24, 2.45) is 0 Å². The van der Waals surface area contributed by atoms with Gasteiger partial charge < -0.3 is 11.1 Å². The number of amides is 1. The molecule has 2 aromatic heterocycles. The summed E-state index contributed by atoms with van der Waals surface area (Å²) in [6, 6.07) is 8.98. The number of aromatic amines is 1. The Balaban J connectivity index is 1.80. The number of carbonyl (C=O) groups excluding carboxylic acids is 1. The zero-order valence-electron chi connectivity index (χ0n) is 10.3. The van der Waals surface area contributed by atoms with Crippen LogP contribution in [0.1, 0.15) is 15.4 Å². The highest BCUT2D eigenvalue weighted by molar-refractivity contribution is 7.16. The topological polar surface area (TPSA) is 83.8 Å². The number of carbonyl (C=O) groups is 1. The van der Waals surface area contributed by atoms with Crippen LogP contribution in [0.4, 0.5) is 5.69 Å². The molecule has 2 heterocycles. The predicted molar refractivity (Wildman–Crippen MR) is 81.0 cm³/mol. The summed E-state index contributed by atoms with van der Waals surface area (Å²) >= 11 is 7.28. The number of fused-ring (bicyclic) bond motifs is 1. The normalized spacial score (nSPS) is 10.8. The van der Waals surface area contributed by atoms with Crippen molar-refractivity contribution >= 4 is 45.4 Å². The highest BCUT2D eigenvalue weighted by Crippen LogP contribution is 2.22. The van der Waals surface area contributed by atoms with Crippen molar-refractivity contribution in [3.05, 3.63) is 45.2 Å². The maximum Gasteiger partial charge on any atom is 0.272 e. The van der Waals surface area contributed by atoms with Crippen molar-refractivity contribution in [3.8, 4) is 0 Å². The van der Waals surface area contributed by atoms with Crippen LogP contribution >= 0.6 is 22.9 Å². The average molecular weight is 307 g/mol. The van der Waals surface area contributed by atoms with Crippen LogP contribution in [0.25, 0.3) is 10.9 Å². The Morgan fingerprint density at radius 3 is 3.00 bits per heavy atom. The predicted octanol–water partition coefficient (Wildman–Crippen LogP) is 2.79. The van der Waals surface area contributed by atoms with E-state index >= 15 is 0 Å². The number of halogens is 1. The Hall–Kier alpha value is -2.05. The number of H-pyrrole nitrogens is 1. The van der Waals surface area contributed by atoms with Gasteiger partial charge in [-0.25, -0.2) is 0 Å². The van der Waals surface area contributed by atoms with E-state index in [9.17, 15) is 4.79 Å². The number of thiophene rings is 1. The SMILES string of the molecule is Nc1ccc2[nH]nc(C(=O)NCc3ccc(Cl)s3)c2c1. The van der Waals surface area contributed by atoms with Gasteiger partial charge in [0.2, 0.25) is 0 Å². The van der Waals surface area contributed by atoms with Gasteiger partial charge in [-0.3, -0.25) is 9.89 Å². The molecule has 0 spiro atoms. The highest BCUT2D eigenvalue weighted by Gasteiger charge is 2.14. The molecule has 0 bridgehead atoms. The third kappa shape index (κ3) is 2.48. The summed E-state index contributed by atoms with van der Waals surface area (Å²) in [5.41, 5.74) is 7.45. The third-order valence-corrected chi connectivity index (χ3v) is 4.09. The zero-order valence-corrected chi connectivity index (χ0v) is 11.9. The minimum atomic E-state index is -0.244. The van der Waals surface area contributed by atoms with Gasteiger partial charge >= 0.3 is 0 Å². The Morgan fingerprint density at radius 2 is 2.25 bits per heavy atom. The van der Waals surface area contributed by atoms with Crippen LogP contribution in [-0.4, -0.2) is 16.1 Å². The van der Waals surface area contributed by atoms with Crippen molar-refractivity contribution < 1.29 is 4.79 Å². The number of rotatable bonds is 3. The van der Waals surface area contributed by atoms with Gasteiger partial charge in [0.1, 0.15) is 0 Å². The molecule has 1 aromatic carbocycles. The van der Waals surface area contributed by atoms with Gasteiger partial charge in [0.05, 0.1) is 16.4 Å². The summed E-state index contributed by atoms with van der Waals surface area (Å²) in [6.45, 7) is 0.424. The van der Waals surface area contributed by atoms with Crippen molar-refractivity contribution in [1.29, 1.82) is 0 Å². The Bertz CT molecular complexity index is 780. The van der Waals surface area contributed by atoms with Gasteiger partial charge in [-0.05, 0) is 30.3 Å². The molecule has 7 heteroatoms. The summed E-state index contributed by atoms with van der Waals surface area (Å²) in [7, 11) is 0. The fourth-order valence-electron chi connectivity index (χ4n) is 1.90. The standard InChI is InChI=1S/C13H11ClN4OS/c14-11-4-2-8(20-11)6-16-13(19)12-9-5-7(15)1-3-10(9)17-18-12/h1-5H,6,15H2,(H,16,19)(H,17,18). The van der Waals surface area contributed by atoms with Gasteiger partial charge in [0, 0.05) is 16.0 Å². The van der Waals surface area contributed by atoms with Crippen LogP contribution in [0.5, 0.6) is 0 Å². The van der Waals surface area contributed by atoms with E-state index in [-0.39, 0.29) is 5.91 Å². The molecule has 0 saturated carbocycles. The molecule has 0 atom stereocenters. The number of anilines is 1. The number of nitrogens with zero attached hydrogens (tertiary/aromatic N) is 1. The molecule has 20 heavy (non-hydrogen) atoms. The molecule has 3 aromatic rings. The number of hydrogen-bond acceptors (Lipinski definition) is 4. The van der Waals surface area contributed by atoms with E-state index < -0.39 is 0 Å². The Morgan fingerprint density at radius 1 is 1.40 bits per heavy atom. The van der Waals surface area contributed by atoms with Crippen molar-refractivity contribution in [2.75, 3.05) is 5.73 Å². The minimum Gasteiger partial charge on any atom is -0.399 e. The van der Waals surface area contributed by atoms with Crippen molar-refractivity contribution in [2.45, 2.75) is 6.54 Å². The van der Waals surface area contributed by atoms with Gasteiger partial charge in [-0.1, -0.05) is 11.6 Å². The van der Waals surface area contributed by atoms with E-state index in [0.717, 1.165) is 10.4 Å². The molecule has 5 nitrogen and oxygen atoms in total. The molecule has 0 aliphatic rings. The molecule has 3 rings (SSSR count). The second kappa shape index (κ2) is 5.15. The first kappa shape index (κ1) is 13.0. The Labute approximate surface area is 123 Å². The lowest BCUT2D eigenvalue weighted by atomic mass is 10.2. The van der Waals surface area contributed by atoms with Crippen molar-refractivity contribution in [3.63, 3.8) is 0 Å². The first-order chi connectivity index (χ1) is 9.63. The molecular formula is C13H11ClN4OS. The summed E-state index contributed by atoms with van der Waals surface area (Å²) in [5, 5.41) is 10.4. The number of hydrogen-bond donors (Lipinski definition) is 3. The smallest absolute Gasteiger partial charge is 0.272 e. The van der Waals surface area contributed by atoms with Crippen LogP contribution < -0.4 is 11.1 Å². The van der Waals surface area contributed by atoms with E-state index in [2.05, 4.69) is 15.5 Å². The molecule has 0 unspecified atom stereocenters. The molecule has 1 amide bonds. The summed E-state index contributed by atoms with van der Waals surface area (Å²) < 4.78 is 0.701. The zero-order chi connectivity index (χ0) is 14.1. The van der Waals surface area contributed by atoms with Gasteiger partial charge in [0.25, 0.3) is 5.91 Å². The second-order valence-corrected chi connectivity index (χ2v) is 6.07. The quantitative estimate of drug-likeness (QED) is 0.651. The summed E-state index contributed by atoms with van der Waals surface area (Å²) in [6.07, 6.45) is 0. The molecule has 4 N–H and O–H groups in total. The Kier molecular flexibility index (Phi) is 3.33. The number of nitrogens with one attached hydrogen (secondary N) is 2. The van der Waals surface area contributed by atoms with Crippen LogP contribution in [0.15, 0.2) is 30.3 Å². The number of nitrogen functional groups attached to an aromatic ring is 1. The fourth-order valence-corrected chi connectivity index (χ4v) is 2.93. The van der Waals surface area contributed by atoms with Crippen LogP contribution in [-0.2, 0) is 6.54 Å². The molecule has 0 radical (unpaired) electrons. The van der Waals surface area contributed by atoms with Crippen LogP contribution in [0, 0.1) is 0 Å². The first-order valence-corrected chi connectivity index (χ1v) is 7.09. The lowest BCUT2D eigenvalue weighted by molar-refractivity contribution is 0.0948. The average Bonchev–Trinajstić information content (AvgIpc) is 3.02. The van der Waals surface area contributed by atoms with Crippen LogP contribution in [0.3, 0.4) is 0 Å². The van der Waals surface area contributed by atoms with E-state index in [1.54, 1.807) is 24.3 Å². The molecule has 0 aliphatic heterocycles. The lowest BCUT2D eigenvalue weighted by Gasteiger charge is -2.01. The van der Waals surface area contributed by atoms with E-state index in [1.807, 2.05) is 6.07 Å². The number of benzene rings is 1. The molecule has 0 saturated heterocycles. The number of aromatic nitrogens is 2. The van der Waals surface area contributed by atoms with E-state index in [1.165, 1.54) is 11.3 Å². The molecule has 0 aliphatic carbocycles. The van der Waals surface area contributed by atoms with Gasteiger partial charge in [-0.15, -0.1) is 11.3 Å². The maximum atomic E-state index is 12.1. The highest BCUT2D eigenvalue weighted by atomic mass is 35.5. The largest absolute Gasteiger partial charge is 0.399 e. The van der Waals surface area contributed by atoms with E-state index in [4.69, 9.17) is 17.3 Å². The lowest BCUT2D eigenvalue weighted by Crippen LogP contribution is -2.22. The summed E-state index contributed by atoms with van der Waals surface area (Å²) in [5.74, 6) is -0.244. The number of nitrogens with two attached hydrogens (primary N) is 1. The summed E-state index contributed by atoms with van der Waals surface area (Å²) in [4.78, 5) is 13.1. The van der Waals surface area contributed by atoms with Crippen molar-refractivity contribution in [1.82, 2.24) is 15.5 Å². The minimum absolute atomic E-state index is 0.244. The third-order valence-electron chi connectivity index (χ3n) is 2.85. The van der Waals surface area contributed by atoms with Gasteiger partial charge in [-0.2, -0.15) is 5.10 Å². The monoisotopic (exact) mass is 306 g/mol. The maximum absolute atomic E-state index is 12.1. The first-order valence-electron chi connectivity index (χ1n) is 5.89. The second-order valence-electron chi connectivity index (χ2n) is 4.27. The molecule has 102 valence electrons. The molecular weight excluding hydrogens is 296 g/mol.